The summed E-state index contributed by atoms with van der Waals surface area (Å²) in [6.07, 6.45) is 0. The topological polar surface area (TPSA) is 43.4 Å². The van der Waals surface area contributed by atoms with Crippen molar-refractivity contribution in [1.29, 1.82) is 0 Å². The van der Waals surface area contributed by atoms with Crippen LogP contribution in [-0.2, 0) is 9.05 Å². The molecule has 2 aromatic rings. The lowest BCUT2D eigenvalue weighted by Crippen LogP contribution is -1.90. The lowest BCUT2D eigenvalue weighted by molar-refractivity contribution is 0.482. The number of hydrogen-bond donors (Lipinski definition) is 0. The molecule has 0 aromatic heterocycles. The molecule has 0 amide bonds. The number of halogens is 1. The minimum Gasteiger partial charge on any atom is -0.457 e. The van der Waals surface area contributed by atoms with Crippen LogP contribution in [0.5, 0.6) is 11.5 Å². The average molecular weight is 283 g/mol. The highest BCUT2D eigenvalue weighted by Crippen LogP contribution is 2.24. The summed E-state index contributed by atoms with van der Waals surface area (Å²) in [6, 6.07) is 13.5. The smallest absolute Gasteiger partial charge is 0.261 e. The normalized spacial score (nSPS) is 11.2. The van der Waals surface area contributed by atoms with Gasteiger partial charge in [0.15, 0.2) is 0 Å². The predicted molar refractivity (Wildman–Crippen MR) is 70.7 cm³/mol. The van der Waals surface area contributed by atoms with Gasteiger partial charge in [0.05, 0.1) is 4.90 Å². The van der Waals surface area contributed by atoms with Crippen molar-refractivity contribution in [2.45, 2.75) is 11.8 Å². The summed E-state index contributed by atoms with van der Waals surface area (Å²) in [5.41, 5.74) is 1.14. The van der Waals surface area contributed by atoms with E-state index in [4.69, 9.17) is 15.4 Å². The number of benzene rings is 2. The highest BCUT2D eigenvalue weighted by Gasteiger charge is 2.09. The van der Waals surface area contributed by atoms with E-state index in [-0.39, 0.29) is 4.90 Å². The number of aryl methyl sites for hydroxylation is 1. The number of ether oxygens (including phenoxy) is 1. The van der Waals surface area contributed by atoms with Gasteiger partial charge in [-0.2, -0.15) is 0 Å². The van der Waals surface area contributed by atoms with Crippen LogP contribution in [0.1, 0.15) is 5.56 Å². The van der Waals surface area contributed by atoms with Crippen molar-refractivity contribution < 1.29 is 13.2 Å². The van der Waals surface area contributed by atoms with Crippen molar-refractivity contribution in [1.82, 2.24) is 0 Å². The van der Waals surface area contributed by atoms with Gasteiger partial charge in [-0.05, 0) is 43.3 Å². The van der Waals surface area contributed by atoms with Crippen LogP contribution < -0.4 is 4.74 Å². The molecule has 5 heteroatoms. The maximum atomic E-state index is 11.1. The second-order valence-electron chi connectivity index (χ2n) is 3.82. The van der Waals surface area contributed by atoms with E-state index in [0.717, 1.165) is 5.56 Å². The molecule has 0 bridgehead atoms. The molecule has 18 heavy (non-hydrogen) atoms. The zero-order chi connectivity index (χ0) is 13.2. The molecule has 0 radical (unpaired) electrons. The Morgan fingerprint density at radius 1 is 0.889 bits per heavy atom. The highest BCUT2D eigenvalue weighted by atomic mass is 35.7. The summed E-state index contributed by atoms with van der Waals surface area (Å²) >= 11 is 0. The van der Waals surface area contributed by atoms with Crippen LogP contribution >= 0.6 is 10.7 Å². The Balaban J connectivity index is 2.18. The Kier molecular flexibility index (Phi) is 3.59. The van der Waals surface area contributed by atoms with E-state index in [2.05, 4.69) is 0 Å². The van der Waals surface area contributed by atoms with E-state index >= 15 is 0 Å². The third-order valence-corrected chi connectivity index (χ3v) is 3.73. The first-order chi connectivity index (χ1) is 8.45. The lowest BCUT2D eigenvalue weighted by Gasteiger charge is -2.06. The van der Waals surface area contributed by atoms with Crippen molar-refractivity contribution in [3.63, 3.8) is 0 Å². The van der Waals surface area contributed by atoms with Gasteiger partial charge in [-0.25, -0.2) is 8.42 Å². The van der Waals surface area contributed by atoms with Gasteiger partial charge < -0.3 is 4.74 Å². The molecule has 0 fully saturated rings. The van der Waals surface area contributed by atoms with E-state index in [9.17, 15) is 8.42 Å². The SMILES string of the molecule is Cc1ccc(Oc2ccc(S(=O)(=O)Cl)cc2)cc1. The molecular formula is C13H11ClO3S. The summed E-state index contributed by atoms with van der Waals surface area (Å²) < 4.78 is 27.7. The van der Waals surface area contributed by atoms with Crippen molar-refractivity contribution in [2.75, 3.05) is 0 Å². The summed E-state index contributed by atoms with van der Waals surface area (Å²) in [4.78, 5) is 0.0559. The fraction of sp³-hybridized carbons (Fsp3) is 0.0769. The van der Waals surface area contributed by atoms with Crippen LogP contribution in [0.25, 0.3) is 0 Å². The van der Waals surface area contributed by atoms with Crippen LogP contribution in [0.3, 0.4) is 0 Å². The predicted octanol–water partition coefficient (Wildman–Crippen LogP) is 3.71. The first-order valence-electron chi connectivity index (χ1n) is 5.24. The first-order valence-corrected chi connectivity index (χ1v) is 7.55. The largest absolute Gasteiger partial charge is 0.457 e. The third-order valence-electron chi connectivity index (χ3n) is 2.36. The van der Waals surface area contributed by atoms with Crippen molar-refractivity contribution in [3.8, 4) is 11.5 Å². The quantitative estimate of drug-likeness (QED) is 0.806. The molecule has 0 aliphatic carbocycles. The molecule has 3 nitrogen and oxygen atoms in total. The maximum absolute atomic E-state index is 11.1. The van der Waals surface area contributed by atoms with Gasteiger partial charge in [-0.3, -0.25) is 0 Å². The van der Waals surface area contributed by atoms with Crippen molar-refractivity contribution in [2.24, 2.45) is 0 Å². The van der Waals surface area contributed by atoms with Crippen molar-refractivity contribution in [3.05, 3.63) is 54.1 Å². The molecule has 2 aromatic carbocycles. The minimum atomic E-state index is -3.68. The molecule has 0 N–H and O–H groups in total. The number of rotatable bonds is 3. The molecule has 0 aliphatic heterocycles. The Hall–Kier alpha value is -1.52. The third kappa shape index (κ3) is 3.24. The fourth-order valence-corrected chi connectivity index (χ4v) is 2.18. The standard InChI is InChI=1S/C13H11ClO3S/c1-10-2-4-11(5-3-10)17-12-6-8-13(9-7-12)18(14,15)16/h2-9H,1H3. The fourth-order valence-electron chi connectivity index (χ4n) is 1.41. The van der Waals surface area contributed by atoms with Crippen LogP contribution in [-0.4, -0.2) is 8.42 Å². The van der Waals surface area contributed by atoms with E-state index in [1.54, 1.807) is 12.1 Å². The Morgan fingerprint density at radius 3 is 1.78 bits per heavy atom. The van der Waals surface area contributed by atoms with Gasteiger partial charge in [0.2, 0.25) is 0 Å². The number of hydrogen-bond acceptors (Lipinski definition) is 3. The molecule has 0 unspecified atom stereocenters. The monoisotopic (exact) mass is 282 g/mol. The lowest BCUT2D eigenvalue weighted by atomic mass is 10.2. The summed E-state index contributed by atoms with van der Waals surface area (Å²) in [5.74, 6) is 1.25. The molecule has 0 aliphatic rings. The molecule has 0 heterocycles. The molecule has 0 atom stereocenters. The molecule has 94 valence electrons. The van der Waals surface area contributed by atoms with E-state index in [1.807, 2.05) is 31.2 Å². The second kappa shape index (κ2) is 5.00. The molecule has 0 spiro atoms. The van der Waals surface area contributed by atoms with E-state index < -0.39 is 9.05 Å². The molecule has 2 rings (SSSR count). The van der Waals surface area contributed by atoms with E-state index in [0.29, 0.717) is 11.5 Å². The zero-order valence-electron chi connectivity index (χ0n) is 9.63. The zero-order valence-corrected chi connectivity index (χ0v) is 11.2. The Labute approximate surface area is 110 Å². The molecule has 0 saturated carbocycles. The van der Waals surface area contributed by atoms with E-state index in [1.165, 1.54) is 12.1 Å². The van der Waals surface area contributed by atoms with Gasteiger partial charge >= 0.3 is 0 Å². The molecule has 0 saturated heterocycles. The Bertz CT molecular complexity index is 631. The Morgan fingerprint density at radius 2 is 1.33 bits per heavy atom. The van der Waals surface area contributed by atoms with Gasteiger partial charge in [0.25, 0.3) is 9.05 Å². The van der Waals surface area contributed by atoms with Gasteiger partial charge in [0, 0.05) is 10.7 Å². The molecular weight excluding hydrogens is 272 g/mol. The first kappa shape index (κ1) is 12.9. The van der Waals surface area contributed by atoms with Crippen LogP contribution in [0.2, 0.25) is 0 Å². The van der Waals surface area contributed by atoms with Gasteiger partial charge in [-0.1, -0.05) is 17.7 Å². The average Bonchev–Trinajstić information content (AvgIpc) is 2.32. The maximum Gasteiger partial charge on any atom is 0.261 e. The van der Waals surface area contributed by atoms with Crippen LogP contribution in [0.15, 0.2) is 53.4 Å². The summed E-state index contributed by atoms with van der Waals surface area (Å²) in [7, 11) is 1.54. The highest BCUT2D eigenvalue weighted by molar-refractivity contribution is 8.13. The van der Waals surface area contributed by atoms with Crippen molar-refractivity contribution >= 4 is 19.7 Å². The summed E-state index contributed by atoms with van der Waals surface area (Å²) in [5, 5.41) is 0. The summed E-state index contributed by atoms with van der Waals surface area (Å²) in [6.45, 7) is 1.99. The van der Waals surface area contributed by atoms with Crippen LogP contribution in [0, 0.1) is 6.92 Å². The van der Waals surface area contributed by atoms with Gasteiger partial charge in [0.1, 0.15) is 11.5 Å². The minimum absolute atomic E-state index is 0.0559. The second-order valence-corrected chi connectivity index (χ2v) is 6.39. The van der Waals surface area contributed by atoms with Gasteiger partial charge in [-0.15, -0.1) is 0 Å². The van der Waals surface area contributed by atoms with Crippen LogP contribution in [0.4, 0.5) is 0 Å².